The summed E-state index contributed by atoms with van der Waals surface area (Å²) in [6, 6.07) is 0. The van der Waals surface area contributed by atoms with E-state index in [1.54, 1.807) is 12.2 Å². The molecule has 0 aliphatic carbocycles. The fraction of sp³-hybridized carbons (Fsp3) is 0.727. The molecule has 0 aromatic carbocycles. The number of rotatable bonds is 5. The zero-order valence-corrected chi connectivity index (χ0v) is 8.96. The Morgan fingerprint density at radius 1 is 1.43 bits per heavy atom. The van der Waals surface area contributed by atoms with Crippen molar-refractivity contribution in [1.29, 1.82) is 0 Å². The van der Waals surface area contributed by atoms with Crippen molar-refractivity contribution in [3.63, 3.8) is 0 Å². The van der Waals surface area contributed by atoms with Gasteiger partial charge in [-0.3, -0.25) is 4.79 Å². The van der Waals surface area contributed by atoms with E-state index in [0.29, 0.717) is 0 Å². The fourth-order valence-corrected chi connectivity index (χ4v) is 1.73. The van der Waals surface area contributed by atoms with Crippen LogP contribution in [0.3, 0.4) is 0 Å². The Morgan fingerprint density at radius 2 is 2.14 bits per heavy atom. The molecule has 0 saturated carbocycles. The van der Waals surface area contributed by atoms with Gasteiger partial charge in [-0.2, -0.15) is 0 Å². The van der Waals surface area contributed by atoms with E-state index >= 15 is 0 Å². The summed E-state index contributed by atoms with van der Waals surface area (Å²) in [6.45, 7) is 6.24. The number of hydrogen-bond donors (Lipinski definition) is 1. The lowest BCUT2D eigenvalue weighted by molar-refractivity contribution is -0.116. The molecule has 3 heteroatoms. The second kappa shape index (κ2) is 6.60. The summed E-state index contributed by atoms with van der Waals surface area (Å²) in [6.07, 6.45) is 7.06. The maximum atomic E-state index is 11.0. The third-order valence-electron chi connectivity index (χ3n) is 2.47. The smallest absolute Gasteiger partial charge is 0.243 e. The molecule has 0 radical (unpaired) electrons. The Kier molecular flexibility index (Phi) is 5.30. The Morgan fingerprint density at radius 3 is 2.79 bits per heavy atom. The second-order valence-electron chi connectivity index (χ2n) is 3.69. The molecule has 1 heterocycles. The summed E-state index contributed by atoms with van der Waals surface area (Å²) in [7, 11) is 0. The van der Waals surface area contributed by atoms with Crippen molar-refractivity contribution in [2.45, 2.75) is 26.2 Å². The fourth-order valence-electron chi connectivity index (χ4n) is 1.73. The molecule has 0 atom stereocenters. The van der Waals surface area contributed by atoms with E-state index in [1.165, 1.54) is 25.9 Å². The summed E-state index contributed by atoms with van der Waals surface area (Å²) < 4.78 is 0. The van der Waals surface area contributed by atoms with Gasteiger partial charge in [-0.05, 0) is 51.9 Å². The van der Waals surface area contributed by atoms with Crippen LogP contribution >= 0.6 is 0 Å². The van der Waals surface area contributed by atoms with Crippen LogP contribution in [0.5, 0.6) is 0 Å². The monoisotopic (exact) mass is 196 g/mol. The number of hydrogen-bond acceptors (Lipinski definition) is 2. The lowest BCUT2D eigenvalue weighted by atomic mass is 10.4. The molecule has 0 unspecified atom stereocenters. The first-order valence-corrected chi connectivity index (χ1v) is 5.46. The van der Waals surface area contributed by atoms with Gasteiger partial charge < -0.3 is 10.2 Å². The standard InChI is InChI=1S/C11H20N2O/c1-2-6-11(14)12-7-5-10-13-8-3-4-9-13/h2,6H,3-5,7-10H2,1H3,(H,12,14). The van der Waals surface area contributed by atoms with Gasteiger partial charge in [-0.1, -0.05) is 6.08 Å². The van der Waals surface area contributed by atoms with Crippen LogP contribution in [0.1, 0.15) is 26.2 Å². The van der Waals surface area contributed by atoms with Gasteiger partial charge in [0.25, 0.3) is 0 Å². The quantitative estimate of drug-likeness (QED) is 0.529. The average molecular weight is 196 g/mol. The molecule has 0 aromatic heterocycles. The molecule has 1 aliphatic heterocycles. The molecule has 1 rings (SSSR count). The number of allylic oxidation sites excluding steroid dienone is 1. The van der Waals surface area contributed by atoms with Crippen LogP contribution in [0.4, 0.5) is 0 Å². The molecule has 1 amide bonds. The molecule has 1 aliphatic rings. The van der Waals surface area contributed by atoms with Gasteiger partial charge >= 0.3 is 0 Å². The van der Waals surface area contributed by atoms with E-state index in [4.69, 9.17) is 0 Å². The van der Waals surface area contributed by atoms with Crippen LogP contribution in [0.25, 0.3) is 0 Å². The van der Waals surface area contributed by atoms with E-state index in [2.05, 4.69) is 10.2 Å². The van der Waals surface area contributed by atoms with Crippen LogP contribution in [-0.4, -0.2) is 37.0 Å². The third-order valence-corrected chi connectivity index (χ3v) is 2.47. The van der Waals surface area contributed by atoms with E-state index < -0.39 is 0 Å². The van der Waals surface area contributed by atoms with Gasteiger partial charge in [0, 0.05) is 6.54 Å². The summed E-state index contributed by atoms with van der Waals surface area (Å²) in [4.78, 5) is 13.5. The Labute approximate surface area is 86.2 Å². The van der Waals surface area contributed by atoms with Crippen molar-refractivity contribution >= 4 is 5.91 Å². The normalized spacial score (nSPS) is 17.8. The van der Waals surface area contributed by atoms with Crippen LogP contribution in [0, 0.1) is 0 Å². The molecular weight excluding hydrogens is 176 g/mol. The molecule has 0 spiro atoms. The van der Waals surface area contributed by atoms with Crippen molar-refractivity contribution in [2.75, 3.05) is 26.2 Å². The molecular formula is C11H20N2O. The van der Waals surface area contributed by atoms with E-state index in [-0.39, 0.29) is 5.91 Å². The molecule has 1 fully saturated rings. The minimum atomic E-state index is 0.0221. The number of nitrogens with zero attached hydrogens (tertiary/aromatic N) is 1. The highest BCUT2D eigenvalue weighted by Crippen LogP contribution is 2.06. The van der Waals surface area contributed by atoms with Crippen molar-refractivity contribution in [2.24, 2.45) is 0 Å². The average Bonchev–Trinajstić information content (AvgIpc) is 2.65. The lowest BCUT2D eigenvalue weighted by Crippen LogP contribution is -2.27. The highest BCUT2D eigenvalue weighted by Gasteiger charge is 2.09. The number of amides is 1. The Bertz CT molecular complexity index is 195. The van der Waals surface area contributed by atoms with E-state index in [1.807, 2.05) is 6.92 Å². The zero-order chi connectivity index (χ0) is 10.2. The Balaban J connectivity index is 1.95. The highest BCUT2D eigenvalue weighted by atomic mass is 16.1. The molecule has 1 saturated heterocycles. The molecule has 1 N–H and O–H groups in total. The SMILES string of the molecule is CC=CC(=O)NCCCN1CCCC1. The third kappa shape index (κ3) is 4.42. The maximum Gasteiger partial charge on any atom is 0.243 e. The minimum absolute atomic E-state index is 0.0221. The van der Waals surface area contributed by atoms with Gasteiger partial charge in [0.15, 0.2) is 0 Å². The van der Waals surface area contributed by atoms with E-state index in [9.17, 15) is 4.79 Å². The number of carbonyl (C=O) groups is 1. The molecule has 14 heavy (non-hydrogen) atoms. The number of carbonyl (C=O) groups excluding carboxylic acids is 1. The lowest BCUT2D eigenvalue weighted by Gasteiger charge is -2.13. The van der Waals surface area contributed by atoms with Crippen LogP contribution < -0.4 is 5.32 Å². The summed E-state index contributed by atoms with van der Waals surface area (Å²) >= 11 is 0. The van der Waals surface area contributed by atoms with Gasteiger partial charge in [0.2, 0.25) is 5.91 Å². The van der Waals surface area contributed by atoms with Gasteiger partial charge in [0.1, 0.15) is 0 Å². The highest BCUT2D eigenvalue weighted by molar-refractivity contribution is 5.87. The Hall–Kier alpha value is -0.830. The zero-order valence-electron chi connectivity index (χ0n) is 8.96. The number of nitrogens with one attached hydrogen (secondary N) is 1. The first-order valence-electron chi connectivity index (χ1n) is 5.46. The van der Waals surface area contributed by atoms with Crippen LogP contribution in [-0.2, 0) is 4.79 Å². The first-order chi connectivity index (χ1) is 6.83. The summed E-state index contributed by atoms with van der Waals surface area (Å²) in [5.74, 6) is 0.0221. The molecule has 0 bridgehead atoms. The van der Waals surface area contributed by atoms with E-state index in [0.717, 1.165) is 19.5 Å². The van der Waals surface area contributed by atoms with Crippen molar-refractivity contribution < 1.29 is 4.79 Å². The van der Waals surface area contributed by atoms with Gasteiger partial charge in [0.05, 0.1) is 0 Å². The molecule has 0 aromatic rings. The minimum Gasteiger partial charge on any atom is -0.353 e. The van der Waals surface area contributed by atoms with Crippen molar-refractivity contribution in [1.82, 2.24) is 10.2 Å². The predicted octanol–water partition coefficient (Wildman–Crippen LogP) is 1.16. The maximum absolute atomic E-state index is 11.0. The van der Waals surface area contributed by atoms with Gasteiger partial charge in [-0.25, -0.2) is 0 Å². The van der Waals surface area contributed by atoms with Gasteiger partial charge in [-0.15, -0.1) is 0 Å². The molecule has 80 valence electrons. The van der Waals surface area contributed by atoms with Crippen LogP contribution in [0.15, 0.2) is 12.2 Å². The summed E-state index contributed by atoms with van der Waals surface area (Å²) in [5, 5.41) is 2.86. The predicted molar refractivity (Wildman–Crippen MR) is 58.1 cm³/mol. The topological polar surface area (TPSA) is 32.3 Å². The summed E-state index contributed by atoms with van der Waals surface area (Å²) in [5.41, 5.74) is 0. The largest absolute Gasteiger partial charge is 0.353 e. The number of likely N-dealkylation sites (tertiary alicyclic amines) is 1. The van der Waals surface area contributed by atoms with Crippen molar-refractivity contribution in [3.8, 4) is 0 Å². The van der Waals surface area contributed by atoms with Crippen molar-refractivity contribution in [3.05, 3.63) is 12.2 Å². The molecule has 3 nitrogen and oxygen atoms in total. The second-order valence-corrected chi connectivity index (χ2v) is 3.69. The first kappa shape index (κ1) is 11.2. The van der Waals surface area contributed by atoms with Crippen LogP contribution in [0.2, 0.25) is 0 Å².